The molecule has 1 aromatic rings. The summed E-state index contributed by atoms with van der Waals surface area (Å²) in [7, 11) is 0. The molecule has 0 saturated carbocycles. The minimum absolute atomic E-state index is 0.0361. The molecule has 0 spiro atoms. The zero-order chi connectivity index (χ0) is 14.3. The van der Waals surface area contributed by atoms with E-state index in [9.17, 15) is 18.0 Å². The van der Waals surface area contributed by atoms with Gasteiger partial charge >= 0.3 is 12.1 Å². The highest BCUT2D eigenvalue weighted by atomic mass is 19.4. The van der Waals surface area contributed by atoms with E-state index < -0.39 is 18.6 Å². The lowest BCUT2D eigenvalue weighted by Gasteiger charge is -2.08. The van der Waals surface area contributed by atoms with Gasteiger partial charge in [-0.2, -0.15) is 13.2 Å². The Hall–Kier alpha value is -1.98. The van der Waals surface area contributed by atoms with Gasteiger partial charge in [0.2, 0.25) is 0 Å². The van der Waals surface area contributed by atoms with Crippen molar-refractivity contribution in [2.75, 3.05) is 6.61 Å². The van der Waals surface area contributed by atoms with E-state index in [0.29, 0.717) is 11.3 Å². The van der Waals surface area contributed by atoms with Crippen LogP contribution < -0.4 is 4.74 Å². The van der Waals surface area contributed by atoms with Crippen molar-refractivity contribution in [3.8, 4) is 5.75 Å². The maximum Gasteiger partial charge on any atom is 0.389 e. The first-order chi connectivity index (χ1) is 8.87. The molecule has 0 saturated heterocycles. The summed E-state index contributed by atoms with van der Waals surface area (Å²) in [6.45, 7) is -0.0361. The minimum atomic E-state index is -4.17. The Bertz CT molecular complexity index is 453. The van der Waals surface area contributed by atoms with Crippen LogP contribution in [0.2, 0.25) is 0 Å². The first-order valence-corrected chi connectivity index (χ1v) is 5.57. The number of ether oxygens (including phenoxy) is 1. The Morgan fingerprint density at radius 3 is 2.74 bits per heavy atom. The lowest BCUT2D eigenvalue weighted by molar-refractivity contribution is -0.136. The summed E-state index contributed by atoms with van der Waals surface area (Å²) >= 11 is 0. The Balaban J connectivity index is 2.46. The van der Waals surface area contributed by atoms with Crippen molar-refractivity contribution in [3.05, 3.63) is 35.9 Å². The van der Waals surface area contributed by atoms with Gasteiger partial charge in [0.05, 0.1) is 6.61 Å². The van der Waals surface area contributed by atoms with Crippen molar-refractivity contribution in [1.82, 2.24) is 0 Å². The lowest BCUT2D eigenvalue weighted by atomic mass is 10.2. The lowest BCUT2D eigenvalue weighted by Crippen LogP contribution is -2.09. The van der Waals surface area contributed by atoms with Gasteiger partial charge in [0.15, 0.2) is 0 Å². The SMILES string of the molecule is O=C(O)/C=C/c1cccc(OCCCC(F)(F)F)c1. The first kappa shape index (κ1) is 15.1. The van der Waals surface area contributed by atoms with Crippen molar-refractivity contribution >= 4 is 12.0 Å². The van der Waals surface area contributed by atoms with Crippen LogP contribution in [0.1, 0.15) is 18.4 Å². The molecule has 0 fully saturated rings. The minimum Gasteiger partial charge on any atom is -0.494 e. The van der Waals surface area contributed by atoms with Gasteiger partial charge in [0.25, 0.3) is 0 Å². The number of rotatable bonds is 6. The normalized spacial score (nSPS) is 11.7. The average molecular weight is 274 g/mol. The van der Waals surface area contributed by atoms with E-state index in [4.69, 9.17) is 9.84 Å². The van der Waals surface area contributed by atoms with E-state index in [0.717, 1.165) is 6.08 Å². The smallest absolute Gasteiger partial charge is 0.389 e. The molecule has 0 aliphatic heterocycles. The number of aliphatic carboxylic acids is 1. The fraction of sp³-hybridized carbons (Fsp3) is 0.308. The number of alkyl halides is 3. The average Bonchev–Trinajstić information content (AvgIpc) is 2.32. The van der Waals surface area contributed by atoms with Crippen LogP contribution in [0.4, 0.5) is 13.2 Å². The van der Waals surface area contributed by atoms with Crippen molar-refractivity contribution < 1.29 is 27.8 Å². The molecule has 6 heteroatoms. The highest BCUT2D eigenvalue weighted by Gasteiger charge is 2.26. The van der Waals surface area contributed by atoms with Gasteiger partial charge < -0.3 is 9.84 Å². The van der Waals surface area contributed by atoms with E-state index in [1.807, 2.05) is 0 Å². The molecule has 0 aliphatic carbocycles. The highest BCUT2D eigenvalue weighted by molar-refractivity contribution is 5.85. The van der Waals surface area contributed by atoms with Crippen LogP contribution in [0, 0.1) is 0 Å². The summed E-state index contributed by atoms with van der Waals surface area (Å²) in [5.74, 6) is -0.661. The Kier molecular flexibility index (Phi) is 5.41. The Morgan fingerprint density at radius 1 is 1.37 bits per heavy atom. The maximum atomic E-state index is 11.9. The monoisotopic (exact) mass is 274 g/mol. The largest absolute Gasteiger partial charge is 0.494 e. The zero-order valence-electron chi connectivity index (χ0n) is 9.98. The highest BCUT2D eigenvalue weighted by Crippen LogP contribution is 2.22. The number of carboxylic acid groups (broad SMARTS) is 1. The molecule has 104 valence electrons. The number of hydrogen-bond acceptors (Lipinski definition) is 2. The van der Waals surface area contributed by atoms with Crippen molar-refractivity contribution in [2.45, 2.75) is 19.0 Å². The third-order valence-electron chi connectivity index (χ3n) is 2.15. The maximum absolute atomic E-state index is 11.9. The van der Waals surface area contributed by atoms with Crippen molar-refractivity contribution in [2.24, 2.45) is 0 Å². The van der Waals surface area contributed by atoms with Crippen LogP contribution in [-0.2, 0) is 4.79 Å². The Labute approximate surface area is 108 Å². The molecule has 19 heavy (non-hydrogen) atoms. The summed E-state index contributed by atoms with van der Waals surface area (Å²) < 4.78 is 40.9. The standard InChI is InChI=1S/C13H13F3O3/c14-13(15,16)7-2-8-19-11-4-1-3-10(9-11)5-6-12(17)18/h1,3-6,9H,2,7-8H2,(H,17,18)/b6-5+. The molecule has 0 aromatic heterocycles. The quantitative estimate of drug-likeness (QED) is 0.638. The fourth-order valence-electron chi connectivity index (χ4n) is 1.34. The molecule has 1 aromatic carbocycles. The fourth-order valence-corrected chi connectivity index (χ4v) is 1.34. The van der Waals surface area contributed by atoms with Crippen LogP contribution in [0.15, 0.2) is 30.3 Å². The second-order valence-corrected chi connectivity index (χ2v) is 3.81. The summed E-state index contributed by atoms with van der Waals surface area (Å²) in [6, 6.07) is 6.47. The third-order valence-corrected chi connectivity index (χ3v) is 2.15. The van der Waals surface area contributed by atoms with Crippen molar-refractivity contribution in [1.29, 1.82) is 0 Å². The third kappa shape index (κ3) is 7.13. The van der Waals surface area contributed by atoms with E-state index >= 15 is 0 Å². The zero-order valence-corrected chi connectivity index (χ0v) is 9.98. The molecule has 0 aliphatic rings. The predicted molar refractivity (Wildman–Crippen MR) is 63.9 cm³/mol. The Morgan fingerprint density at radius 2 is 2.11 bits per heavy atom. The van der Waals surface area contributed by atoms with Crippen molar-refractivity contribution in [3.63, 3.8) is 0 Å². The van der Waals surface area contributed by atoms with Gasteiger partial charge in [-0.25, -0.2) is 4.79 Å². The van der Waals surface area contributed by atoms with Gasteiger partial charge in [0.1, 0.15) is 5.75 Å². The summed E-state index contributed by atoms with van der Waals surface area (Å²) in [5, 5.41) is 8.47. The topological polar surface area (TPSA) is 46.5 Å². The molecule has 0 heterocycles. The molecular formula is C13H13F3O3. The molecule has 0 amide bonds. The van der Waals surface area contributed by atoms with Gasteiger partial charge in [-0.05, 0) is 30.2 Å². The number of carbonyl (C=O) groups is 1. The summed E-state index contributed by atoms with van der Waals surface area (Å²) in [4.78, 5) is 10.3. The van der Waals surface area contributed by atoms with Crippen LogP contribution in [0.25, 0.3) is 6.08 Å². The molecule has 0 atom stereocenters. The number of benzene rings is 1. The second kappa shape index (κ2) is 6.82. The molecule has 0 bridgehead atoms. The molecule has 1 N–H and O–H groups in total. The van der Waals surface area contributed by atoms with Gasteiger partial charge in [0, 0.05) is 12.5 Å². The first-order valence-electron chi connectivity index (χ1n) is 5.57. The van der Waals surface area contributed by atoms with E-state index in [-0.39, 0.29) is 13.0 Å². The molecule has 0 radical (unpaired) electrons. The van der Waals surface area contributed by atoms with E-state index in [2.05, 4.69) is 0 Å². The van der Waals surface area contributed by atoms with Crippen LogP contribution >= 0.6 is 0 Å². The van der Waals surface area contributed by atoms with Crippen LogP contribution in [-0.4, -0.2) is 23.9 Å². The van der Waals surface area contributed by atoms with Gasteiger partial charge in [-0.1, -0.05) is 12.1 Å². The molecule has 1 rings (SSSR count). The van der Waals surface area contributed by atoms with E-state index in [1.54, 1.807) is 24.3 Å². The van der Waals surface area contributed by atoms with Crippen LogP contribution in [0.3, 0.4) is 0 Å². The second-order valence-electron chi connectivity index (χ2n) is 3.81. The van der Waals surface area contributed by atoms with Gasteiger partial charge in [-0.15, -0.1) is 0 Å². The number of carboxylic acids is 1. The summed E-state index contributed by atoms with van der Waals surface area (Å²) in [5.41, 5.74) is 0.607. The molecule has 0 unspecified atom stereocenters. The predicted octanol–water partition coefficient (Wildman–Crippen LogP) is 3.51. The molecule has 3 nitrogen and oxygen atoms in total. The molecular weight excluding hydrogens is 261 g/mol. The summed E-state index contributed by atoms with van der Waals surface area (Å²) in [6.07, 6.45) is -2.81. The number of hydrogen-bond donors (Lipinski definition) is 1. The van der Waals surface area contributed by atoms with Gasteiger partial charge in [-0.3, -0.25) is 0 Å². The van der Waals surface area contributed by atoms with Crippen LogP contribution in [0.5, 0.6) is 5.75 Å². The number of halogens is 3. The van der Waals surface area contributed by atoms with E-state index in [1.165, 1.54) is 6.08 Å².